The third kappa shape index (κ3) is 4.99. The van der Waals surface area contributed by atoms with Crippen molar-refractivity contribution < 1.29 is 17.9 Å². The van der Waals surface area contributed by atoms with E-state index in [2.05, 4.69) is 10.6 Å². The molecule has 0 aromatic heterocycles. The minimum Gasteiger partial charge on any atom is -0.492 e. The predicted octanol–water partition coefficient (Wildman–Crippen LogP) is 1.19. The van der Waals surface area contributed by atoms with Crippen molar-refractivity contribution in [2.45, 2.75) is 25.8 Å². The SMILES string of the molecule is CCOc1ccccc1NC(=O)CCN[C@@H]1CCS(=O)(=O)C1. The smallest absolute Gasteiger partial charge is 0.225 e. The maximum atomic E-state index is 11.9. The molecule has 0 spiro atoms. The predicted molar refractivity (Wildman–Crippen MR) is 85.9 cm³/mol. The molecule has 1 aromatic rings. The number of nitrogens with one attached hydrogen (secondary N) is 2. The first-order chi connectivity index (χ1) is 10.5. The van der Waals surface area contributed by atoms with E-state index < -0.39 is 9.84 Å². The van der Waals surface area contributed by atoms with Crippen LogP contribution in [0.3, 0.4) is 0 Å². The van der Waals surface area contributed by atoms with Crippen LogP contribution >= 0.6 is 0 Å². The van der Waals surface area contributed by atoms with Crippen molar-refractivity contribution in [1.29, 1.82) is 0 Å². The van der Waals surface area contributed by atoms with Crippen molar-refractivity contribution in [3.05, 3.63) is 24.3 Å². The molecular formula is C15H22N2O4S. The van der Waals surface area contributed by atoms with Gasteiger partial charge in [-0.1, -0.05) is 12.1 Å². The van der Waals surface area contributed by atoms with Gasteiger partial charge in [0.05, 0.1) is 23.8 Å². The Morgan fingerprint density at radius 2 is 2.14 bits per heavy atom. The quantitative estimate of drug-likeness (QED) is 0.786. The summed E-state index contributed by atoms with van der Waals surface area (Å²) in [6, 6.07) is 7.25. The van der Waals surface area contributed by atoms with E-state index in [9.17, 15) is 13.2 Å². The minimum atomic E-state index is -2.89. The first kappa shape index (κ1) is 16.8. The lowest BCUT2D eigenvalue weighted by molar-refractivity contribution is -0.116. The van der Waals surface area contributed by atoms with E-state index in [1.54, 1.807) is 12.1 Å². The molecule has 1 heterocycles. The van der Waals surface area contributed by atoms with Crippen molar-refractivity contribution in [3.63, 3.8) is 0 Å². The molecule has 1 amide bonds. The Morgan fingerprint density at radius 3 is 2.82 bits per heavy atom. The van der Waals surface area contributed by atoms with Gasteiger partial charge in [0.2, 0.25) is 5.91 Å². The van der Waals surface area contributed by atoms with E-state index in [0.29, 0.717) is 31.0 Å². The number of hydrogen-bond donors (Lipinski definition) is 2. The number of carbonyl (C=O) groups excluding carboxylic acids is 1. The number of hydrogen-bond acceptors (Lipinski definition) is 5. The van der Waals surface area contributed by atoms with Crippen LogP contribution in [0.25, 0.3) is 0 Å². The molecule has 0 radical (unpaired) electrons. The molecule has 0 aliphatic carbocycles. The van der Waals surface area contributed by atoms with Crippen molar-refractivity contribution in [1.82, 2.24) is 5.32 Å². The molecular weight excluding hydrogens is 304 g/mol. The Balaban J connectivity index is 1.77. The molecule has 7 heteroatoms. The molecule has 2 N–H and O–H groups in total. The number of amides is 1. The Hall–Kier alpha value is -1.60. The summed E-state index contributed by atoms with van der Waals surface area (Å²) < 4.78 is 28.1. The number of carbonyl (C=O) groups is 1. The van der Waals surface area contributed by atoms with E-state index in [0.717, 1.165) is 0 Å². The average molecular weight is 326 g/mol. The van der Waals surface area contributed by atoms with Crippen LogP contribution in [0.15, 0.2) is 24.3 Å². The Bertz CT molecular complexity index is 616. The summed E-state index contributed by atoms with van der Waals surface area (Å²) in [5.74, 6) is 0.925. The van der Waals surface area contributed by atoms with Gasteiger partial charge in [-0.05, 0) is 25.5 Å². The van der Waals surface area contributed by atoms with Gasteiger partial charge in [-0.25, -0.2) is 8.42 Å². The van der Waals surface area contributed by atoms with E-state index in [-0.39, 0.29) is 29.9 Å². The van der Waals surface area contributed by atoms with Gasteiger partial charge in [0.15, 0.2) is 9.84 Å². The Kier molecular flexibility index (Phi) is 5.79. The van der Waals surface area contributed by atoms with Gasteiger partial charge in [0.25, 0.3) is 0 Å². The highest BCUT2D eigenvalue weighted by Crippen LogP contribution is 2.23. The summed E-state index contributed by atoms with van der Waals surface area (Å²) in [5.41, 5.74) is 0.651. The molecule has 122 valence electrons. The number of sulfone groups is 1. The number of anilines is 1. The molecule has 1 fully saturated rings. The molecule has 0 unspecified atom stereocenters. The van der Waals surface area contributed by atoms with Gasteiger partial charge in [0.1, 0.15) is 5.75 Å². The standard InChI is InChI=1S/C15H22N2O4S/c1-2-21-14-6-4-3-5-13(14)17-15(18)7-9-16-12-8-10-22(19,20)11-12/h3-6,12,16H,2,7-11H2,1H3,(H,17,18)/t12-/m1/s1. The van der Waals surface area contributed by atoms with Gasteiger partial charge in [-0.3, -0.25) is 4.79 Å². The lowest BCUT2D eigenvalue weighted by Crippen LogP contribution is -2.32. The lowest BCUT2D eigenvalue weighted by Gasteiger charge is -2.12. The van der Waals surface area contributed by atoms with Crippen LogP contribution in [-0.2, 0) is 14.6 Å². The third-order valence-corrected chi connectivity index (χ3v) is 5.25. The van der Waals surface area contributed by atoms with Crippen LogP contribution in [0, 0.1) is 0 Å². The molecule has 22 heavy (non-hydrogen) atoms. The summed E-state index contributed by atoms with van der Waals surface area (Å²) in [5, 5.41) is 5.94. The van der Waals surface area contributed by atoms with Crippen LogP contribution in [0.4, 0.5) is 5.69 Å². The molecule has 0 saturated carbocycles. The van der Waals surface area contributed by atoms with E-state index >= 15 is 0 Å². The second-order valence-electron chi connectivity index (χ2n) is 5.28. The molecule has 1 aliphatic heterocycles. The van der Waals surface area contributed by atoms with Crippen LogP contribution in [0.5, 0.6) is 5.75 Å². The molecule has 2 rings (SSSR count). The monoisotopic (exact) mass is 326 g/mol. The number of benzene rings is 1. The maximum Gasteiger partial charge on any atom is 0.225 e. The van der Waals surface area contributed by atoms with Crippen LogP contribution < -0.4 is 15.4 Å². The zero-order valence-electron chi connectivity index (χ0n) is 12.7. The van der Waals surface area contributed by atoms with E-state index in [1.807, 2.05) is 19.1 Å². The van der Waals surface area contributed by atoms with Gasteiger partial charge >= 0.3 is 0 Å². The van der Waals surface area contributed by atoms with Crippen LogP contribution in [0.2, 0.25) is 0 Å². The van der Waals surface area contributed by atoms with Gasteiger partial charge in [-0.15, -0.1) is 0 Å². The van der Waals surface area contributed by atoms with Crippen molar-refractivity contribution >= 4 is 21.4 Å². The van der Waals surface area contributed by atoms with Crippen molar-refractivity contribution in [2.24, 2.45) is 0 Å². The summed E-state index contributed by atoms with van der Waals surface area (Å²) in [6.45, 7) is 2.88. The lowest BCUT2D eigenvalue weighted by atomic mass is 10.2. The Labute approximate surface area is 131 Å². The highest BCUT2D eigenvalue weighted by atomic mass is 32.2. The fourth-order valence-electron chi connectivity index (χ4n) is 2.41. The summed E-state index contributed by atoms with van der Waals surface area (Å²) in [7, 11) is -2.89. The molecule has 1 saturated heterocycles. The summed E-state index contributed by atoms with van der Waals surface area (Å²) >= 11 is 0. The molecule has 0 bridgehead atoms. The fourth-order valence-corrected chi connectivity index (χ4v) is 4.12. The molecule has 1 atom stereocenters. The topological polar surface area (TPSA) is 84.5 Å². The molecule has 1 aliphatic rings. The maximum absolute atomic E-state index is 11.9. The average Bonchev–Trinajstić information content (AvgIpc) is 2.81. The number of ether oxygens (including phenoxy) is 1. The highest BCUT2D eigenvalue weighted by molar-refractivity contribution is 7.91. The largest absolute Gasteiger partial charge is 0.492 e. The first-order valence-electron chi connectivity index (χ1n) is 7.45. The summed E-state index contributed by atoms with van der Waals surface area (Å²) in [6.07, 6.45) is 0.911. The van der Waals surface area contributed by atoms with Crippen LogP contribution in [-0.4, -0.2) is 45.0 Å². The summed E-state index contributed by atoms with van der Waals surface area (Å²) in [4.78, 5) is 11.9. The zero-order chi connectivity index (χ0) is 16.0. The third-order valence-electron chi connectivity index (χ3n) is 3.48. The second-order valence-corrected chi connectivity index (χ2v) is 7.51. The normalized spacial score (nSPS) is 19.8. The highest BCUT2D eigenvalue weighted by Gasteiger charge is 2.27. The minimum absolute atomic E-state index is 0.0338. The van der Waals surface area contributed by atoms with E-state index in [4.69, 9.17) is 4.74 Å². The molecule has 1 aromatic carbocycles. The van der Waals surface area contributed by atoms with E-state index in [1.165, 1.54) is 0 Å². The van der Waals surface area contributed by atoms with Gasteiger partial charge in [0, 0.05) is 19.0 Å². The zero-order valence-corrected chi connectivity index (χ0v) is 13.5. The van der Waals surface area contributed by atoms with Crippen molar-refractivity contribution in [3.8, 4) is 5.75 Å². The van der Waals surface area contributed by atoms with Gasteiger partial charge in [-0.2, -0.15) is 0 Å². The Morgan fingerprint density at radius 1 is 1.36 bits per heavy atom. The van der Waals surface area contributed by atoms with Crippen LogP contribution in [0.1, 0.15) is 19.8 Å². The fraction of sp³-hybridized carbons (Fsp3) is 0.533. The second kappa shape index (κ2) is 7.60. The van der Waals surface area contributed by atoms with Gasteiger partial charge < -0.3 is 15.4 Å². The van der Waals surface area contributed by atoms with Crippen molar-refractivity contribution in [2.75, 3.05) is 30.0 Å². The molecule has 6 nitrogen and oxygen atoms in total. The number of para-hydroxylation sites is 2. The first-order valence-corrected chi connectivity index (χ1v) is 9.28. The number of rotatable bonds is 7.